The predicted octanol–water partition coefficient (Wildman–Crippen LogP) is 2.78. The van der Waals surface area contributed by atoms with Crippen LogP contribution in [0.3, 0.4) is 0 Å². The van der Waals surface area contributed by atoms with E-state index in [0.29, 0.717) is 11.1 Å². The average molecular weight is 273 g/mol. The first-order chi connectivity index (χ1) is 8.31. The van der Waals surface area contributed by atoms with Crippen LogP contribution in [0.15, 0.2) is 4.52 Å². The first kappa shape index (κ1) is 13.2. The fourth-order valence-electron chi connectivity index (χ4n) is 1.71. The maximum Gasteiger partial charge on any atom is 0.243 e. The lowest BCUT2D eigenvalue weighted by molar-refractivity contribution is 0.343. The number of hydrogen-bond acceptors (Lipinski definition) is 6. The summed E-state index contributed by atoms with van der Waals surface area (Å²) < 4.78 is 5.27. The Kier molecular flexibility index (Phi) is 5.18. The van der Waals surface area contributed by atoms with Crippen molar-refractivity contribution in [1.29, 1.82) is 0 Å². The third-order valence-corrected chi connectivity index (χ3v) is 5.50. The maximum absolute atomic E-state index is 6.02. The lowest BCUT2D eigenvalue weighted by Crippen LogP contribution is -2.11. The third-order valence-electron chi connectivity index (χ3n) is 2.75. The van der Waals surface area contributed by atoms with Crippen molar-refractivity contribution in [3.05, 3.63) is 11.7 Å². The van der Waals surface area contributed by atoms with Gasteiger partial charge in [0, 0.05) is 17.3 Å². The van der Waals surface area contributed by atoms with Gasteiger partial charge in [0.15, 0.2) is 5.82 Å². The Labute approximate surface area is 110 Å². The smallest absolute Gasteiger partial charge is 0.243 e. The highest BCUT2D eigenvalue weighted by Gasteiger charge is 2.23. The molecule has 96 valence electrons. The van der Waals surface area contributed by atoms with E-state index < -0.39 is 0 Å². The minimum absolute atomic E-state index is 0.0996. The second kappa shape index (κ2) is 6.66. The van der Waals surface area contributed by atoms with E-state index in [1.807, 2.05) is 23.5 Å². The first-order valence-electron chi connectivity index (χ1n) is 6.09. The van der Waals surface area contributed by atoms with Gasteiger partial charge in [-0.05, 0) is 6.42 Å². The van der Waals surface area contributed by atoms with E-state index in [1.165, 1.54) is 11.5 Å². The summed E-state index contributed by atoms with van der Waals surface area (Å²) in [5.74, 6) is 4.89. The topological polar surface area (TPSA) is 64.9 Å². The lowest BCUT2D eigenvalue weighted by atomic mass is 10.1. The molecule has 2 rings (SSSR count). The van der Waals surface area contributed by atoms with Gasteiger partial charge in [0.25, 0.3) is 0 Å². The van der Waals surface area contributed by atoms with E-state index in [2.05, 4.69) is 17.1 Å². The molecule has 2 unspecified atom stereocenters. The van der Waals surface area contributed by atoms with Crippen molar-refractivity contribution in [3.63, 3.8) is 0 Å². The van der Waals surface area contributed by atoms with Crippen LogP contribution >= 0.6 is 23.5 Å². The molecule has 1 aliphatic heterocycles. The normalized spacial score (nSPS) is 22.6. The van der Waals surface area contributed by atoms with Crippen molar-refractivity contribution in [1.82, 2.24) is 10.1 Å². The summed E-state index contributed by atoms with van der Waals surface area (Å²) in [5, 5.41) is 4.45. The van der Waals surface area contributed by atoms with Crippen LogP contribution in [0.1, 0.15) is 49.2 Å². The van der Waals surface area contributed by atoms with Gasteiger partial charge in [-0.25, -0.2) is 0 Å². The molecule has 1 aromatic heterocycles. The number of thioether (sulfide) groups is 2. The highest BCUT2D eigenvalue weighted by molar-refractivity contribution is 8.06. The molecule has 0 aromatic carbocycles. The molecular formula is C11H19N3OS2. The molecule has 1 fully saturated rings. The van der Waals surface area contributed by atoms with Gasteiger partial charge in [0.05, 0.1) is 11.3 Å². The molecule has 2 N–H and O–H groups in total. The standard InChI is InChI=1S/C11H19N3OS2/c1-2-3-4-8(12)11-13-10(14-15-11)9-7-16-5-6-17-9/h8-9H,2-7,12H2,1H3. The van der Waals surface area contributed by atoms with E-state index in [1.54, 1.807) is 0 Å². The molecule has 0 aliphatic carbocycles. The number of nitrogens with zero attached hydrogens (tertiary/aromatic N) is 2. The number of hydrogen-bond donors (Lipinski definition) is 1. The maximum atomic E-state index is 6.02. The van der Waals surface area contributed by atoms with E-state index >= 15 is 0 Å². The van der Waals surface area contributed by atoms with Crippen LogP contribution in [-0.2, 0) is 0 Å². The Morgan fingerprint density at radius 2 is 2.41 bits per heavy atom. The van der Waals surface area contributed by atoms with Crippen LogP contribution < -0.4 is 5.73 Å². The molecule has 1 saturated heterocycles. The van der Waals surface area contributed by atoms with E-state index in [-0.39, 0.29) is 6.04 Å². The van der Waals surface area contributed by atoms with Crippen LogP contribution in [-0.4, -0.2) is 27.4 Å². The van der Waals surface area contributed by atoms with E-state index in [4.69, 9.17) is 10.3 Å². The van der Waals surface area contributed by atoms with Gasteiger partial charge in [-0.2, -0.15) is 16.7 Å². The molecule has 6 heteroatoms. The quantitative estimate of drug-likeness (QED) is 0.890. The van der Waals surface area contributed by atoms with Gasteiger partial charge in [0.1, 0.15) is 0 Å². The number of unbranched alkanes of at least 4 members (excludes halogenated alkanes) is 1. The molecule has 4 nitrogen and oxygen atoms in total. The van der Waals surface area contributed by atoms with Gasteiger partial charge < -0.3 is 10.3 Å². The zero-order chi connectivity index (χ0) is 12.1. The minimum atomic E-state index is -0.0996. The zero-order valence-electron chi connectivity index (χ0n) is 10.1. The number of aromatic nitrogens is 2. The van der Waals surface area contributed by atoms with Gasteiger partial charge >= 0.3 is 0 Å². The summed E-state index contributed by atoms with van der Waals surface area (Å²) in [6, 6.07) is -0.0996. The van der Waals surface area contributed by atoms with Crippen LogP contribution in [0.2, 0.25) is 0 Å². The first-order valence-corrected chi connectivity index (χ1v) is 8.30. The fourth-order valence-corrected chi connectivity index (χ4v) is 4.30. The van der Waals surface area contributed by atoms with Crippen molar-refractivity contribution >= 4 is 23.5 Å². The number of nitrogens with two attached hydrogens (primary N) is 1. The Balaban J connectivity index is 1.94. The van der Waals surface area contributed by atoms with Crippen molar-refractivity contribution in [2.75, 3.05) is 17.3 Å². The Morgan fingerprint density at radius 1 is 1.53 bits per heavy atom. The van der Waals surface area contributed by atoms with Crippen molar-refractivity contribution in [2.45, 2.75) is 37.5 Å². The Bertz CT molecular complexity index is 339. The molecule has 1 aliphatic rings. The Hall–Kier alpha value is -0.200. The zero-order valence-corrected chi connectivity index (χ0v) is 11.7. The molecular weight excluding hydrogens is 254 g/mol. The third kappa shape index (κ3) is 3.63. The SMILES string of the molecule is CCCCC(N)c1nc(C2CSCCS2)no1. The predicted molar refractivity (Wildman–Crippen MR) is 73.3 cm³/mol. The highest BCUT2D eigenvalue weighted by atomic mass is 32.2. The Morgan fingerprint density at radius 3 is 3.12 bits per heavy atom. The van der Waals surface area contributed by atoms with Gasteiger partial charge in [-0.3, -0.25) is 0 Å². The van der Waals surface area contributed by atoms with E-state index in [0.717, 1.165) is 30.8 Å². The summed E-state index contributed by atoms with van der Waals surface area (Å²) in [6.45, 7) is 2.15. The second-order valence-corrected chi connectivity index (χ2v) is 6.63. The van der Waals surface area contributed by atoms with Crippen LogP contribution in [0.25, 0.3) is 0 Å². The highest BCUT2D eigenvalue weighted by Crippen LogP contribution is 2.35. The summed E-state index contributed by atoms with van der Waals surface area (Å²) in [4.78, 5) is 4.45. The minimum Gasteiger partial charge on any atom is -0.338 e. The molecule has 0 saturated carbocycles. The molecule has 1 aromatic rings. The summed E-state index contributed by atoms with van der Waals surface area (Å²) in [5.41, 5.74) is 6.02. The summed E-state index contributed by atoms with van der Waals surface area (Å²) in [6.07, 6.45) is 3.17. The van der Waals surface area contributed by atoms with Gasteiger partial charge in [0.2, 0.25) is 5.89 Å². The molecule has 0 radical (unpaired) electrons. The van der Waals surface area contributed by atoms with Crippen molar-refractivity contribution in [2.24, 2.45) is 5.73 Å². The lowest BCUT2D eigenvalue weighted by Gasteiger charge is -2.17. The number of rotatable bonds is 5. The largest absolute Gasteiger partial charge is 0.338 e. The molecule has 2 atom stereocenters. The van der Waals surface area contributed by atoms with Crippen LogP contribution in [0, 0.1) is 0 Å². The van der Waals surface area contributed by atoms with Gasteiger partial charge in [-0.1, -0.05) is 24.9 Å². The van der Waals surface area contributed by atoms with Crippen molar-refractivity contribution < 1.29 is 4.52 Å². The second-order valence-electron chi connectivity index (χ2n) is 4.17. The molecule has 0 amide bonds. The molecule has 0 spiro atoms. The molecule has 17 heavy (non-hydrogen) atoms. The summed E-state index contributed by atoms with van der Waals surface area (Å²) in [7, 11) is 0. The monoisotopic (exact) mass is 273 g/mol. The van der Waals surface area contributed by atoms with E-state index in [9.17, 15) is 0 Å². The molecule has 0 bridgehead atoms. The van der Waals surface area contributed by atoms with Crippen LogP contribution in [0.4, 0.5) is 0 Å². The summed E-state index contributed by atoms with van der Waals surface area (Å²) >= 11 is 3.87. The molecule has 2 heterocycles. The average Bonchev–Trinajstić information content (AvgIpc) is 2.86. The fraction of sp³-hybridized carbons (Fsp3) is 0.818. The van der Waals surface area contributed by atoms with Gasteiger partial charge in [-0.15, -0.1) is 11.8 Å². The van der Waals surface area contributed by atoms with Crippen molar-refractivity contribution in [3.8, 4) is 0 Å². The van der Waals surface area contributed by atoms with Crippen LogP contribution in [0.5, 0.6) is 0 Å².